The summed E-state index contributed by atoms with van der Waals surface area (Å²) in [5.74, 6) is -0.703. The molecule has 1 aromatic rings. The average molecular weight is 239 g/mol. The van der Waals surface area contributed by atoms with Gasteiger partial charge in [-0.3, -0.25) is 9.89 Å². The molecule has 0 bridgehead atoms. The Morgan fingerprint density at radius 3 is 3.00 bits per heavy atom. The van der Waals surface area contributed by atoms with Crippen molar-refractivity contribution in [2.24, 2.45) is 0 Å². The molecule has 0 radical (unpaired) electrons. The summed E-state index contributed by atoms with van der Waals surface area (Å²) in [6, 6.07) is 0. The predicted octanol–water partition coefficient (Wildman–Crippen LogP) is 0.599. The molecule has 2 N–H and O–H groups in total. The third kappa shape index (κ3) is 2.83. The number of carbonyl (C=O) groups is 1. The predicted molar refractivity (Wildman–Crippen MR) is 60.6 cm³/mol. The van der Waals surface area contributed by atoms with Gasteiger partial charge in [-0.15, -0.1) is 0 Å². The van der Waals surface area contributed by atoms with Gasteiger partial charge in [-0.25, -0.2) is 0 Å². The maximum absolute atomic E-state index is 11.8. The summed E-state index contributed by atoms with van der Waals surface area (Å²) in [5, 5.41) is 9.33. The Labute approximate surface area is 99.7 Å². The number of nitrogens with one attached hydrogen (secondary N) is 2. The molecule has 1 aliphatic heterocycles. The maximum Gasteiger partial charge on any atom is 0.254 e. The highest BCUT2D eigenvalue weighted by Crippen LogP contribution is 2.21. The van der Waals surface area contributed by atoms with Gasteiger partial charge in [0.15, 0.2) is 5.79 Å². The van der Waals surface area contributed by atoms with E-state index in [0.717, 1.165) is 5.69 Å². The van der Waals surface area contributed by atoms with Crippen LogP contribution in [0.1, 0.15) is 29.9 Å². The number of carbonyl (C=O) groups excluding carboxylic acids is 1. The summed E-state index contributed by atoms with van der Waals surface area (Å²) in [7, 11) is 0. The van der Waals surface area contributed by atoms with Gasteiger partial charge in [0.25, 0.3) is 5.91 Å². The van der Waals surface area contributed by atoms with E-state index in [1.165, 1.54) is 6.20 Å². The number of hydrogen-bond donors (Lipinski definition) is 2. The van der Waals surface area contributed by atoms with Gasteiger partial charge in [0.1, 0.15) is 6.10 Å². The average Bonchev–Trinajstić information content (AvgIpc) is 2.81. The van der Waals surface area contributed by atoms with Gasteiger partial charge in [-0.2, -0.15) is 5.10 Å². The topological polar surface area (TPSA) is 76.2 Å². The van der Waals surface area contributed by atoms with E-state index >= 15 is 0 Å². The van der Waals surface area contributed by atoms with Gasteiger partial charge in [-0.05, 0) is 20.8 Å². The third-order valence-corrected chi connectivity index (χ3v) is 2.63. The van der Waals surface area contributed by atoms with E-state index < -0.39 is 5.79 Å². The van der Waals surface area contributed by atoms with Crippen molar-refractivity contribution < 1.29 is 14.3 Å². The summed E-state index contributed by atoms with van der Waals surface area (Å²) in [5.41, 5.74) is 1.31. The molecule has 0 aliphatic carbocycles. The second-order valence-electron chi connectivity index (χ2n) is 4.57. The molecule has 2 rings (SSSR count). The lowest BCUT2D eigenvalue weighted by Crippen LogP contribution is -2.34. The van der Waals surface area contributed by atoms with Crippen LogP contribution in [-0.2, 0) is 9.47 Å². The highest BCUT2D eigenvalue weighted by atomic mass is 16.7. The van der Waals surface area contributed by atoms with E-state index in [1.54, 1.807) is 6.92 Å². The minimum atomic E-state index is -0.555. The molecule has 6 nitrogen and oxygen atoms in total. The summed E-state index contributed by atoms with van der Waals surface area (Å²) < 4.78 is 11.0. The van der Waals surface area contributed by atoms with Gasteiger partial charge >= 0.3 is 0 Å². The van der Waals surface area contributed by atoms with Crippen LogP contribution in [0.25, 0.3) is 0 Å². The van der Waals surface area contributed by atoms with Crippen LogP contribution in [0.3, 0.4) is 0 Å². The molecule has 1 saturated heterocycles. The molecule has 6 heteroatoms. The molecular weight excluding hydrogens is 222 g/mol. The van der Waals surface area contributed by atoms with Crippen LogP contribution >= 0.6 is 0 Å². The number of aryl methyl sites for hydroxylation is 1. The van der Waals surface area contributed by atoms with E-state index in [2.05, 4.69) is 15.5 Å². The van der Waals surface area contributed by atoms with Gasteiger partial charge in [-0.1, -0.05) is 0 Å². The highest BCUT2D eigenvalue weighted by molar-refractivity contribution is 5.94. The Hall–Kier alpha value is -1.40. The van der Waals surface area contributed by atoms with E-state index in [9.17, 15) is 4.79 Å². The zero-order chi connectivity index (χ0) is 12.5. The lowest BCUT2D eigenvalue weighted by atomic mass is 10.2. The molecule has 1 aromatic heterocycles. The maximum atomic E-state index is 11.8. The molecule has 0 saturated carbocycles. The highest BCUT2D eigenvalue weighted by Gasteiger charge is 2.32. The first-order valence-corrected chi connectivity index (χ1v) is 5.58. The summed E-state index contributed by atoms with van der Waals surface area (Å²) in [6.45, 7) is 6.45. The fraction of sp³-hybridized carbons (Fsp3) is 0.636. The molecule has 1 amide bonds. The zero-order valence-electron chi connectivity index (χ0n) is 10.2. The standard InChI is InChI=1S/C11H17N3O3/c1-7-9(5-13-14-7)10(15)12-4-8-6-16-11(2,3)17-8/h5,8H,4,6H2,1-3H3,(H,12,15)(H,13,14). The molecule has 0 aromatic carbocycles. The van der Waals surface area contributed by atoms with Crippen LogP contribution < -0.4 is 5.32 Å². The van der Waals surface area contributed by atoms with Crippen LogP contribution in [-0.4, -0.2) is 41.1 Å². The van der Waals surface area contributed by atoms with Crippen molar-refractivity contribution in [2.45, 2.75) is 32.7 Å². The van der Waals surface area contributed by atoms with Crippen molar-refractivity contribution in [3.63, 3.8) is 0 Å². The fourth-order valence-electron chi connectivity index (χ4n) is 1.75. The Morgan fingerprint density at radius 2 is 2.47 bits per heavy atom. The third-order valence-electron chi connectivity index (χ3n) is 2.63. The zero-order valence-corrected chi connectivity index (χ0v) is 10.2. The molecule has 94 valence electrons. The Balaban J connectivity index is 1.84. The minimum Gasteiger partial charge on any atom is -0.349 e. The number of hydrogen-bond acceptors (Lipinski definition) is 4. The number of rotatable bonds is 3. The number of aromatic amines is 1. The van der Waals surface area contributed by atoms with Gasteiger partial charge < -0.3 is 14.8 Å². The van der Waals surface area contributed by atoms with Crippen LogP contribution in [0, 0.1) is 6.92 Å². The van der Waals surface area contributed by atoms with Crippen LogP contribution in [0.15, 0.2) is 6.20 Å². The lowest BCUT2D eigenvalue weighted by molar-refractivity contribution is -0.137. The number of nitrogens with zero attached hydrogens (tertiary/aromatic N) is 1. The molecular formula is C11H17N3O3. The first-order chi connectivity index (χ1) is 7.98. The SMILES string of the molecule is Cc1[nH]ncc1C(=O)NCC1COC(C)(C)O1. The molecule has 1 fully saturated rings. The van der Waals surface area contributed by atoms with Gasteiger partial charge in [0, 0.05) is 12.2 Å². The summed E-state index contributed by atoms with van der Waals surface area (Å²) in [4.78, 5) is 11.8. The van der Waals surface area contributed by atoms with Crippen LogP contribution in [0.5, 0.6) is 0 Å². The van der Waals surface area contributed by atoms with E-state index in [-0.39, 0.29) is 12.0 Å². The second kappa shape index (κ2) is 4.46. The van der Waals surface area contributed by atoms with E-state index in [4.69, 9.17) is 9.47 Å². The molecule has 1 atom stereocenters. The van der Waals surface area contributed by atoms with Crippen molar-refractivity contribution >= 4 is 5.91 Å². The Kier molecular flexibility index (Phi) is 3.17. The first-order valence-electron chi connectivity index (χ1n) is 5.58. The summed E-state index contributed by atoms with van der Waals surface area (Å²) in [6.07, 6.45) is 1.42. The second-order valence-corrected chi connectivity index (χ2v) is 4.57. The monoisotopic (exact) mass is 239 g/mol. The molecule has 1 aliphatic rings. The van der Waals surface area contributed by atoms with Crippen molar-refractivity contribution in [1.29, 1.82) is 0 Å². The Bertz CT molecular complexity index is 414. The van der Waals surface area contributed by atoms with Crippen molar-refractivity contribution in [3.05, 3.63) is 17.5 Å². The van der Waals surface area contributed by atoms with Crippen molar-refractivity contribution in [1.82, 2.24) is 15.5 Å². The smallest absolute Gasteiger partial charge is 0.254 e. The fourth-order valence-corrected chi connectivity index (χ4v) is 1.75. The number of amides is 1. The van der Waals surface area contributed by atoms with Crippen molar-refractivity contribution in [2.75, 3.05) is 13.2 Å². The van der Waals surface area contributed by atoms with E-state index in [1.807, 2.05) is 13.8 Å². The van der Waals surface area contributed by atoms with Crippen LogP contribution in [0.2, 0.25) is 0 Å². The largest absolute Gasteiger partial charge is 0.349 e. The van der Waals surface area contributed by atoms with Crippen molar-refractivity contribution in [3.8, 4) is 0 Å². The molecule has 2 heterocycles. The number of H-pyrrole nitrogens is 1. The first kappa shape index (κ1) is 12.1. The molecule has 0 spiro atoms. The molecule has 17 heavy (non-hydrogen) atoms. The molecule has 1 unspecified atom stereocenters. The lowest BCUT2D eigenvalue weighted by Gasteiger charge is -2.17. The minimum absolute atomic E-state index is 0.0962. The number of aromatic nitrogens is 2. The van der Waals surface area contributed by atoms with Gasteiger partial charge in [0.05, 0.1) is 18.4 Å². The van der Waals surface area contributed by atoms with E-state index in [0.29, 0.717) is 18.7 Å². The Morgan fingerprint density at radius 1 is 1.71 bits per heavy atom. The number of ether oxygens (including phenoxy) is 2. The summed E-state index contributed by atoms with van der Waals surface area (Å²) >= 11 is 0. The normalized spacial score (nSPS) is 22.6. The van der Waals surface area contributed by atoms with Gasteiger partial charge in [0.2, 0.25) is 0 Å². The van der Waals surface area contributed by atoms with Crippen LogP contribution in [0.4, 0.5) is 0 Å². The quantitative estimate of drug-likeness (QED) is 0.809.